The van der Waals surface area contributed by atoms with E-state index in [0.717, 1.165) is 5.71 Å². The number of benzene rings is 1. The van der Waals surface area contributed by atoms with Gasteiger partial charge in [0.25, 0.3) is 15.9 Å². The number of nitrogens with one attached hydrogen (secondary N) is 1. The van der Waals surface area contributed by atoms with E-state index in [4.69, 9.17) is 10.5 Å². The number of pyridine rings is 1. The maximum absolute atomic E-state index is 13.1. The fourth-order valence-electron chi connectivity index (χ4n) is 4.29. The highest BCUT2D eigenvalue weighted by Crippen LogP contribution is 2.29. The number of aliphatic imine (C=N–C) groups is 3. The summed E-state index contributed by atoms with van der Waals surface area (Å²) in [6.45, 7) is 5.64. The predicted octanol–water partition coefficient (Wildman–Crippen LogP) is 1.26. The van der Waals surface area contributed by atoms with Crippen LogP contribution in [0.15, 0.2) is 55.9 Å². The van der Waals surface area contributed by atoms with Gasteiger partial charge in [-0.3, -0.25) is 14.7 Å². The van der Waals surface area contributed by atoms with Crippen LogP contribution in [0.5, 0.6) is 5.75 Å². The summed E-state index contributed by atoms with van der Waals surface area (Å²) >= 11 is 0. The highest BCUT2D eigenvalue weighted by atomic mass is 32.2. The Morgan fingerprint density at radius 1 is 1.27 bits per heavy atom. The first kappa shape index (κ1) is 24.6. The predicted molar refractivity (Wildman–Crippen MR) is 141 cm³/mol. The normalized spacial score (nSPS) is 21.5. The Morgan fingerprint density at radius 2 is 2.08 bits per heavy atom. The molecule has 2 atom stereocenters. The molecule has 0 spiro atoms. The monoisotopic (exact) mass is 522 g/mol. The number of sulfonamides is 1. The lowest BCUT2D eigenvalue weighted by Gasteiger charge is -2.28. The Balaban J connectivity index is 1.28. The van der Waals surface area contributed by atoms with Crippen LogP contribution in [0.25, 0.3) is 0 Å². The highest BCUT2D eigenvalue weighted by molar-refractivity contribution is 7.89. The quantitative estimate of drug-likeness (QED) is 0.576. The third-order valence-corrected chi connectivity index (χ3v) is 7.24. The lowest BCUT2D eigenvalue weighted by Crippen LogP contribution is -2.48. The van der Waals surface area contributed by atoms with Gasteiger partial charge in [0, 0.05) is 17.5 Å². The van der Waals surface area contributed by atoms with Crippen LogP contribution in [-0.2, 0) is 15.8 Å². The zero-order chi connectivity index (χ0) is 26.4. The standard InChI is InChI=1S/C24H26N8O4S/c1-14-20-22(28-12-27-14)32(13-29-20)18-9-15(7-8-26-18)23(33)30-24(2,3)11-36-17-6-4-5-16-10-37(34,35)31-21(25)19(16)17/h4-9,12-13,20,22H,10-11H2,1-3H3,(H2,25,31)(H,30,33). The average Bonchev–Trinajstić information content (AvgIpc) is 3.27. The van der Waals surface area contributed by atoms with Crippen LogP contribution in [0.4, 0.5) is 5.82 Å². The van der Waals surface area contributed by atoms with E-state index in [-0.39, 0.29) is 36.3 Å². The second kappa shape index (κ2) is 9.07. The first-order valence-electron chi connectivity index (χ1n) is 11.5. The molecule has 0 aliphatic carbocycles. The minimum absolute atomic E-state index is 0.100. The molecule has 13 heteroatoms. The third kappa shape index (κ3) is 4.94. The smallest absolute Gasteiger partial charge is 0.259 e. The Bertz CT molecular complexity index is 1500. The van der Waals surface area contributed by atoms with Crippen LogP contribution in [0.3, 0.4) is 0 Å². The van der Waals surface area contributed by atoms with Crippen molar-refractivity contribution in [2.24, 2.45) is 25.1 Å². The van der Waals surface area contributed by atoms with Crippen molar-refractivity contribution in [1.82, 2.24) is 10.3 Å². The molecular weight excluding hydrogens is 496 g/mol. The lowest BCUT2D eigenvalue weighted by atomic mass is 10.0. The second-order valence-electron chi connectivity index (χ2n) is 9.59. The number of ether oxygens (including phenoxy) is 1. The summed E-state index contributed by atoms with van der Waals surface area (Å²) in [5.74, 6) is 0.282. The van der Waals surface area contributed by atoms with E-state index < -0.39 is 15.6 Å². The fourth-order valence-corrected chi connectivity index (χ4v) is 5.38. The number of hydrogen-bond acceptors (Lipinski definition) is 10. The number of anilines is 1. The van der Waals surface area contributed by atoms with Crippen molar-refractivity contribution in [2.45, 2.75) is 44.3 Å². The van der Waals surface area contributed by atoms with E-state index >= 15 is 0 Å². The molecule has 12 nitrogen and oxygen atoms in total. The molecule has 3 aliphatic rings. The lowest BCUT2D eigenvalue weighted by molar-refractivity contribution is 0.0880. The van der Waals surface area contributed by atoms with Crippen molar-refractivity contribution in [3.8, 4) is 5.75 Å². The molecule has 3 aliphatic heterocycles. The average molecular weight is 523 g/mol. The third-order valence-electron chi connectivity index (χ3n) is 6.08. The summed E-state index contributed by atoms with van der Waals surface area (Å²) in [5.41, 5.74) is 7.39. The molecule has 4 heterocycles. The summed E-state index contributed by atoms with van der Waals surface area (Å²) in [4.78, 5) is 32.4. The molecule has 192 valence electrons. The molecule has 3 N–H and O–H groups in total. The van der Waals surface area contributed by atoms with Gasteiger partial charge in [0.05, 0.1) is 23.2 Å². The molecule has 0 fully saturated rings. The van der Waals surface area contributed by atoms with E-state index in [1.54, 1.807) is 42.9 Å². The van der Waals surface area contributed by atoms with Crippen LogP contribution in [0, 0.1) is 0 Å². The minimum atomic E-state index is -3.65. The van der Waals surface area contributed by atoms with E-state index in [2.05, 4.69) is 29.7 Å². The number of aromatic nitrogens is 1. The molecule has 37 heavy (non-hydrogen) atoms. The van der Waals surface area contributed by atoms with Crippen LogP contribution >= 0.6 is 0 Å². The van der Waals surface area contributed by atoms with Crippen LogP contribution in [0.1, 0.15) is 42.3 Å². The Labute approximate surface area is 214 Å². The summed E-state index contributed by atoms with van der Waals surface area (Å²) < 4.78 is 33.4. The summed E-state index contributed by atoms with van der Waals surface area (Å²) in [7, 11) is -3.65. The SMILES string of the molecule is CC1=NC=NC2C1N=CN2c1cc(C(=O)NC(C)(C)COc2cccc3c2C(N)=NS(=O)(=O)C3)ccn1. The Morgan fingerprint density at radius 3 is 2.89 bits per heavy atom. The van der Waals surface area contributed by atoms with Crippen molar-refractivity contribution < 1.29 is 17.9 Å². The number of nitrogens with zero attached hydrogens (tertiary/aromatic N) is 6. The number of amidine groups is 1. The van der Waals surface area contributed by atoms with Crippen molar-refractivity contribution >= 4 is 46.0 Å². The van der Waals surface area contributed by atoms with Gasteiger partial charge in [-0.2, -0.15) is 0 Å². The number of hydrogen-bond donors (Lipinski definition) is 2. The maximum atomic E-state index is 13.1. The van der Waals surface area contributed by atoms with E-state index in [0.29, 0.717) is 28.3 Å². The van der Waals surface area contributed by atoms with Gasteiger partial charge in [0.2, 0.25) is 0 Å². The zero-order valence-corrected chi connectivity index (χ0v) is 21.3. The van der Waals surface area contributed by atoms with Crippen LogP contribution in [-0.4, -0.2) is 67.9 Å². The Kier molecular flexibility index (Phi) is 6.02. The molecular formula is C24H26N8O4S. The van der Waals surface area contributed by atoms with Crippen molar-refractivity contribution in [3.63, 3.8) is 0 Å². The van der Waals surface area contributed by atoms with Gasteiger partial charge in [-0.15, -0.1) is 4.40 Å². The summed E-state index contributed by atoms with van der Waals surface area (Å²) in [5, 5.41) is 2.98. The van der Waals surface area contributed by atoms with E-state index in [9.17, 15) is 13.2 Å². The van der Waals surface area contributed by atoms with Gasteiger partial charge >= 0.3 is 0 Å². The molecule has 0 bridgehead atoms. The molecule has 1 amide bonds. The molecule has 2 aromatic rings. The topological polar surface area (TPSA) is 164 Å². The number of amides is 1. The zero-order valence-electron chi connectivity index (χ0n) is 20.5. The minimum Gasteiger partial charge on any atom is -0.490 e. The number of rotatable bonds is 6. The molecule has 5 rings (SSSR count). The van der Waals surface area contributed by atoms with Crippen LogP contribution < -0.4 is 20.7 Å². The number of nitrogens with two attached hydrogens (primary N) is 1. The van der Waals surface area contributed by atoms with Gasteiger partial charge in [0.15, 0.2) is 6.17 Å². The van der Waals surface area contributed by atoms with Crippen LogP contribution in [0.2, 0.25) is 0 Å². The number of carbonyl (C=O) groups is 1. The summed E-state index contributed by atoms with van der Waals surface area (Å²) in [6, 6.07) is 8.20. The molecule has 2 unspecified atom stereocenters. The Hall–Kier alpha value is -4.13. The van der Waals surface area contributed by atoms with Gasteiger partial charge in [-0.05, 0) is 44.5 Å². The first-order valence-corrected chi connectivity index (χ1v) is 13.1. The molecule has 0 saturated heterocycles. The number of carbonyl (C=O) groups excluding carboxylic acids is 1. The fraction of sp³-hybridized carbons (Fsp3) is 0.333. The largest absolute Gasteiger partial charge is 0.490 e. The van der Waals surface area contributed by atoms with Crippen molar-refractivity contribution in [2.75, 3.05) is 11.5 Å². The molecule has 1 aromatic heterocycles. The van der Waals surface area contributed by atoms with Gasteiger partial charge in [-0.25, -0.2) is 23.4 Å². The van der Waals surface area contributed by atoms with Crippen molar-refractivity contribution in [1.29, 1.82) is 0 Å². The summed E-state index contributed by atoms with van der Waals surface area (Å²) in [6.07, 6.45) is 4.46. The highest BCUT2D eigenvalue weighted by Gasteiger charge is 2.35. The molecule has 1 aromatic carbocycles. The second-order valence-corrected chi connectivity index (χ2v) is 11.2. The van der Waals surface area contributed by atoms with Crippen molar-refractivity contribution in [3.05, 3.63) is 53.2 Å². The van der Waals surface area contributed by atoms with E-state index in [1.807, 2.05) is 25.7 Å². The van der Waals surface area contributed by atoms with Gasteiger partial charge in [0.1, 0.15) is 36.4 Å². The number of fused-ring (bicyclic) bond motifs is 2. The molecule has 0 saturated carbocycles. The molecule has 0 radical (unpaired) electrons. The van der Waals surface area contributed by atoms with Gasteiger partial charge in [-0.1, -0.05) is 12.1 Å². The first-order chi connectivity index (χ1) is 17.5. The van der Waals surface area contributed by atoms with E-state index in [1.165, 1.54) is 6.34 Å². The maximum Gasteiger partial charge on any atom is 0.259 e. The van der Waals surface area contributed by atoms with Gasteiger partial charge < -0.3 is 15.8 Å².